The molecular formula is C10H12N2O2. The van der Waals surface area contributed by atoms with Gasteiger partial charge in [-0.25, -0.2) is 4.98 Å². The van der Waals surface area contributed by atoms with E-state index in [9.17, 15) is 0 Å². The van der Waals surface area contributed by atoms with E-state index in [2.05, 4.69) is 4.98 Å². The zero-order chi connectivity index (χ0) is 9.97. The van der Waals surface area contributed by atoms with E-state index in [-0.39, 0.29) is 6.10 Å². The number of hydrogen-bond donors (Lipinski definition) is 1. The van der Waals surface area contributed by atoms with Crippen molar-refractivity contribution in [2.75, 3.05) is 6.54 Å². The lowest BCUT2D eigenvalue weighted by Gasteiger charge is -2.11. The van der Waals surface area contributed by atoms with Gasteiger partial charge in [-0.05, 0) is 19.1 Å². The molecule has 1 aromatic heterocycles. The smallest absolute Gasteiger partial charge is 0.181 e. The molecule has 0 bridgehead atoms. The molecule has 0 fully saturated rings. The summed E-state index contributed by atoms with van der Waals surface area (Å²) in [6.07, 6.45) is 1.43. The summed E-state index contributed by atoms with van der Waals surface area (Å²) < 4.78 is 10.6. The van der Waals surface area contributed by atoms with Crippen molar-refractivity contribution in [1.82, 2.24) is 4.98 Å². The number of nitrogens with zero attached hydrogens (tertiary/aromatic N) is 1. The molecule has 1 unspecified atom stereocenters. The molecule has 1 atom stereocenters. The lowest BCUT2D eigenvalue weighted by atomic mass is 10.3. The van der Waals surface area contributed by atoms with Crippen molar-refractivity contribution in [3.05, 3.63) is 24.6 Å². The molecular weight excluding hydrogens is 180 g/mol. The third-order valence-corrected chi connectivity index (χ3v) is 1.97. The Kier molecular flexibility index (Phi) is 2.37. The fraction of sp³-hybridized carbons (Fsp3) is 0.300. The third-order valence-electron chi connectivity index (χ3n) is 1.97. The Labute approximate surface area is 81.7 Å². The van der Waals surface area contributed by atoms with E-state index in [1.807, 2.05) is 25.1 Å². The van der Waals surface area contributed by atoms with Crippen LogP contribution in [-0.2, 0) is 0 Å². The lowest BCUT2D eigenvalue weighted by molar-refractivity contribution is 0.230. The number of oxazole rings is 1. The van der Waals surface area contributed by atoms with Gasteiger partial charge in [0.05, 0.1) is 0 Å². The minimum atomic E-state index is 0.0133. The van der Waals surface area contributed by atoms with Crippen molar-refractivity contribution in [1.29, 1.82) is 0 Å². The van der Waals surface area contributed by atoms with Crippen LogP contribution < -0.4 is 10.5 Å². The second kappa shape index (κ2) is 3.67. The first-order valence-electron chi connectivity index (χ1n) is 4.49. The second-order valence-corrected chi connectivity index (χ2v) is 3.15. The molecule has 0 spiro atoms. The number of ether oxygens (including phenoxy) is 1. The predicted octanol–water partition coefficient (Wildman–Crippen LogP) is 1.55. The first kappa shape index (κ1) is 9.02. The molecule has 0 saturated carbocycles. The summed E-state index contributed by atoms with van der Waals surface area (Å²) in [5.41, 5.74) is 7.01. The maximum atomic E-state index is 5.53. The van der Waals surface area contributed by atoms with E-state index >= 15 is 0 Å². The quantitative estimate of drug-likeness (QED) is 0.801. The molecule has 1 heterocycles. The standard InChI is InChI=1S/C10H12N2O2/c1-7(5-11)14-8-2-3-10-9(4-8)12-6-13-10/h2-4,6-7H,5,11H2,1H3. The second-order valence-electron chi connectivity index (χ2n) is 3.15. The van der Waals surface area contributed by atoms with Crippen LogP contribution in [0.25, 0.3) is 11.1 Å². The molecule has 2 rings (SSSR count). The fourth-order valence-electron chi connectivity index (χ4n) is 1.19. The number of nitrogens with two attached hydrogens (primary N) is 1. The monoisotopic (exact) mass is 192 g/mol. The molecule has 2 N–H and O–H groups in total. The van der Waals surface area contributed by atoms with Gasteiger partial charge in [0.25, 0.3) is 0 Å². The normalized spacial score (nSPS) is 13.0. The first-order valence-corrected chi connectivity index (χ1v) is 4.49. The molecule has 0 aliphatic rings. The highest BCUT2D eigenvalue weighted by molar-refractivity contribution is 5.73. The van der Waals surface area contributed by atoms with Crippen molar-refractivity contribution in [2.45, 2.75) is 13.0 Å². The highest BCUT2D eigenvalue weighted by Crippen LogP contribution is 2.20. The van der Waals surface area contributed by atoms with Gasteiger partial charge in [-0.1, -0.05) is 0 Å². The summed E-state index contributed by atoms with van der Waals surface area (Å²) in [7, 11) is 0. The summed E-state index contributed by atoms with van der Waals surface area (Å²) in [4.78, 5) is 4.03. The molecule has 4 heteroatoms. The van der Waals surface area contributed by atoms with Crippen LogP contribution in [0, 0.1) is 0 Å². The van der Waals surface area contributed by atoms with E-state index in [4.69, 9.17) is 14.9 Å². The van der Waals surface area contributed by atoms with E-state index in [1.165, 1.54) is 6.39 Å². The molecule has 2 aromatic rings. The number of hydrogen-bond acceptors (Lipinski definition) is 4. The SMILES string of the molecule is CC(CN)Oc1ccc2ocnc2c1. The molecule has 4 nitrogen and oxygen atoms in total. The molecule has 0 amide bonds. The third kappa shape index (κ3) is 1.70. The number of benzene rings is 1. The van der Waals surface area contributed by atoms with E-state index in [0.717, 1.165) is 16.8 Å². The van der Waals surface area contributed by atoms with E-state index in [0.29, 0.717) is 6.54 Å². The molecule has 0 aliphatic carbocycles. The van der Waals surface area contributed by atoms with Gasteiger partial charge >= 0.3 is 0 Å². The average molecular weight is 192 g/mol. The molecule has 1 aromatic carbocycles. The van der Waals surface area contributed by atoms with Crippen LogP contribution in [0.15, 0.2) is 29.0 Å². The van der Waals surface area contributed by atoms with E-state index in [1.54, 1.807) is 0 Å². The Bertz CT molecular complexity index is 425. The zero-order valence-electron chi connectivity index (χ0n) is 7.93. The Balaban J connectivity index is 2.25. The summed E-state index contributed by atoms with van der Waals surface area (Å²) in [6, 6.07) is 5.52. The van der Waals surface area contributed by atoms with Gasteiger partial charge < -0.3 is 14.9 Å². The van der Waals surface area contributed by atoms with Crippen molar-refractivity contribution in [2.24, 2.45) is 5.73 Å². The Morgan fingerprint density at radius 3 is 3.21 bits per heavy atom. The number of aromatic nitrogens is 1. The number of fused-ring (bicyclic) bond motifs is 1. The highest BCUT2D eigenvalue weighted by atomic mass is 16.5. The Morgan fingerprint density at radius 1 is 1.57 bits per heavy atom. The van der Waals surface area contributed by atoms with Crippen LogP contribution in [0.1, 0.15) is 6.92 Å². The van der Waals surface area contributed by atoms with Crippen LogP contribution in [0.2, 0.25) is 0 Å². The molecule has 0 aliphatic heterocycles. The summed E-state index contributed by atoms with van der Waals surface area (Å²) >= 11 is 0. The van der Waals surface area contributed by atoms with Crippen LogP contribution in [0.4, 0.5) is 0 Å². The topological polar surface area (TPSA) is 61.3 Å². The zero-order valence-corrected chi connectivity index (χ0v) is 7.93. The van der Waals surface area contributed by atoms with Crippen molar-refractivity contribution >= 4 is 11.1 Å². The van der Waals surface area contributed by atoms with Crippen molar-refractivity contribution in [3.8, 4) is 5.75 Å². The average Bonchev–Trinajstić information content (AvgIpc) is 2.64. The van der Waals surface area contributed by atoms with Gasteiger partial charge in [0.1, 0.15) is 17.4 Å². The summed E-state index contributed by atoms with van der Waals surface area (Å²) in [6.45, 7) is 2.42. The molecule has 14 heavy (non-hydrogen) atoms. The molecule has 0 radical (unpaired) electrons. The predicted molar refractivity (Wildman–Crippen MR) is 53.2 cm³/mol. The highest BCUT2D eigenvalue weighted by Gasteiger charge is 2.04. The van der Waals surface area contributed by atoms with Gasteiger partial charge in [0, 0.05) is 12.6 Å². The maximum Gasteiger partial charge on any atom is 0.181 e. The molecule has 0 saturated heterocycles. The van der Waals surface area contributed by atoms with Crippen molar-refractivity contribution < 1.29 is 9.15 Å². The summed E-state index contributed by atoms with van der Waals surface area (Å²) in [5.74, 6) is 0.768. The van der Waals surface area contributed by atoms with Gasteiger partial charge in [0.15, 0.2) is 12.0 Å². The van der Waals surface area contributed by atoms with Gasteiger partial charge in [-0.15, -0.1) is 0 Å². The van der Waals surface area contributed by atoms with Crippen LogP contribution in [0.3, 0.4) is 0 Å². The van der Waals surface area contributed by atoms with Gasteiger partial charge in [0.2, 0.25) is 0 Å². The largest absolute Gasteiger partial charge is 0.489 e. The van der Waals surface area contributed by atoms with E-state index < -0.39 is 0 Å². The van der Waals surface area contributed by atoms with Crippen LogP contribution >= 0.6 is 0 Å². The van der Waals surface area contributed by atoms with Gasteiger partial charge in [-0.3, -0.25) is 0 Å². The first-order chi connectivity index (χ1) is 6.79. The Morgan fingerprint density at radius 2 is 2.43 bits per heavy atom. The summed E-state index contributed by atoms with van der Waals surface area (Å²) in [5, 5.41) is 0. The maximum absolute atomic E-state index is 5.53. The Hall–Kier alpha value is -1.55. The van der Waals surface area contributed by atoms with Gasteiger partial charge in [-0.2, -0.15) is 0 Å². The lowest BCUT2D eigenvalue weighted by Crippen LogP contribution is -2.22. The minimum Gasteiger partial charge on any atom is -0.489 e. The van der Waals surface area contributed by atoms with Crippen LogP contribution in [-0.4, -0.2) is 17.6 Å². The van der Waals surface area contributed by atoms with Crippen LogP contribution in [0.5, 0.6) is 5.75 Å². The molecule has 74 valence electrons. The minimum absolute atomic E-state index is 0.0133. The fourth-order valence-corrected chi connectivity index (χ4v) is 1.19. The number of rotatable bonds is 3. The van der Waals surface area contributed by atoms with Crippen molar-refractivity contribution in [3.63, 3.8) is 0 Å².